The second-order valence-electron chi connectivity index (χ2n) is 5.88. The Kier molecular flexibility index (Phi) is 5.23. The number of hydrogen-bond acceptors (Lipinski definition) is 1. The number of benzene rings is 1. The Bertz CT molecular complexity index is 411. The lowest BCUT2D eigenvalue weighted by Crippen LogP contribution is -2.33. The molecule has 0 unspecified atom stereocenters. The summed E-state index contributed by atoms with van der Waals surface area (Å²) in [6, 6.07) is 4.64. The molecule has 1 aliphatic carbocycles. The molecule has 0 amide bonds. The molecule has 0 heterocycles. The third-order valence-corrected chi connectivity index (χ3v) is 4.79. The van der Waals surface area contributed by atoms with E-state index in [0.29, 0.717) is 11.6 Å². The van der Waals surface area contributed by atoms with Gasteiger partial charge in [-0.3, -0.25) is 0 Å². The Labute approximate surface area is 120 Å². The van der Waals surface area contributed by atoms with Crippen LogP contribution in [0.5, 0.6) is 0 Å². The quantitative estimate of drug-likeness (QED) is 0.854. The molecule has 3 heteroatoms. The van der Waals surface area contributed by atoms with E-state index in [1.807, 2.05) is 0 Å². The van der Waals surface area contributed by atoms with E-state index in [9.17, 15) is 4.39 Å². The molecule has 2 rings (SSSR count). The minimum absolute atomic E-state index is 0.109. The first-order valence-corrected chi connectivity index (χ1v) is 7.67. The summed E-state index contributed by atoms with van der Waals surface area (Å²) in [6.45, 7) is 0.667. The lowest BCUT2D eigenvalue weighted by atomic mass is 9.72. The molecule has 106 valence electrons. The summed E-state index contributed by atoms with van der Waals surface area (Å²) in [7, 11) is 0. The largest absolute Gasteiger partial charge is 0.330 e. The van der Waals surface area contributed by atoms with Crippen LogP contribution in [0, 0.1) is 11.2 Å². The van der Waals surface area contributed by atoms with Gasteiger partial charge in [-0.05, 0) is 55.0 Å². The van der Waals surface area contributed by atoms with Crippen LogP contribution in [0.2, 0.25) is 5.02 Å². The SMILES string of the molecule is NCC1(Cc2cc(F)ccc2Cl)CCCCCCC1. The predicted molar refractivity (Wildman–Crippen MR) is 78.9 cm³/mol. The normalized spacial score (nSPS) is 19.7. The molecule has 0 aliphatic heterocycles. The fraction of sp³-hybridized carbons (Fsp3) is 0.625. The van der Waals surface area contributed by atoms with Crippen LogP contribution in [0.3, 0.4) is 0 Å². The highest BCUT2D eigenvalue weighted by atomic mass is 35.5. The first-order valence-electron chi connectivity index (χ1n) is 7.29. The molecule has 1 aromatic carbocycles. The molecule has 0 radical (unpaired) electrons. The summed E-state index contributed by atoms with van der Waals surface area (Å²) in [4.78, 5) is 0. The van der Waals surface area contributed by atoms with Crippen LogP contribution in [-0.2, 0) is 6.42 Å². The fourth-order valence-corrected chi connectivity index (χ4v) is 3.38. The highest BCUT2D eigenvalue weighted by molar-refractivity contribution is 6.31. The van der Waals surface area contributed by atoms with Crippen LogP contribution in [0.15, 0.2) is 18.2 Å². The van der Waals surface area contributed by atoms with Crippen molar-refractivity contribution in [2.75, 3.05) is 6.54 Å². The van der Waals surface area contributed by atoms with Gasteiger partial charge in [0.1, 0.15) is 5.82 Å². The first-order chi connectivity index (χ1) is 9.15. The van der Waals surface area contributed by atoms with Crippen molar-refractivity contribution in [1.29, 1.82) is 0 Å². The van der Waals surface area contributed by atoms with Crippen LogP contribution in [0.1, 0.15) is 50.5 Å². The summed E-state index contributed by atoms with van der Waals surface area (Å²) in [5, 5.41) is 0.663. The second-order valence-corrected chi connectivity index (χ2v) is 6.29. The Morgan fingerprint density at radius 3 is 2.37 bits per heavy atom. The smallest absolute Gasteiger partial charge is 0.123 e. The van der Waals surface area contributed by atoms with Gasteiger partial charge >= 0.3 is 0 Å². The number of hydrogen-bond donors (Lipinski definition) is 1. The molecule has 0 bridgehead atoms. The number of halogens is 2. The highest BCUT2D eigenvalue weighted by Crippen LogP contribution is 2.38. The van der Waals surface area contributed by atoms with E-state index >= 15 is 0 Å². The van der Waals surface area contributed by atoms with Gasteiger partial charge in [-0.15, -0.1) is 0 Å². The van der Waals surface area contributed by atoms with Gasteiger partial charge in [-0.2, -0.15) is 0 Å². The molecule has 1 saturated carbocycles. The van der Waals surface area contributed by atoms with E-state index in [2.05, 4.69) is 0 Å². The van der Waals surface area contributed by atoms with Gasteiger partial charge in [0.05, 0.1) is 0 Å². The van der Waals surface area contributed by atoms with Crippen molar-refractivity contribution in [3.05, 3.63) is 34.6 Å². The van der Waals surface area contributed by atoms with Crippen LogP contribution in [-0.4, -0.2) is 6.54 Å². The van der Waals surface area contributed by atoms with Crippen molar-refractivity contribution in [1.82, 2.24) is 0 Å². The molecule has 19 heavy (non-hydrogen) atoms. The summed E-state index contributed by atoms with van der Waals surface area (Å²) in [5.41, 5.74) is 7.08. The molecule has 1 fully saturated rings. The summed E-state index contributed by atoms with van der Waals surface area (Å²) in [6.07, 6.45) is 9.44. The Morgan fingerprint density at radius 2 is 1.74 bits per heavy atom. The Balaban J connectivity index is 2.18. The third-order valence-electron chi connectivity index (χ3n) is 4.42. The average molecular weight is 284 g/mol. The maximum Gasteiger partial charge on any atom is 0.123 e. The van der Waals surface area contributed by atoms with E-state index in [0.717, 1.165) is 24.8 Å². The number of rotatable bonds is 3. The maximum absolute atomic E-state index is 13.4. The van der Waals surface area contributed by atoms with Gasteiger partial charge in [0.15, 0.2) is 0 Å². The molecule has 1 nitrogen and oxygen atoms in total. The van der Waals surface area contributed by atoms with E-state index < -0.39 is 0 Å². The number of nitrogens with two attached hydrogens (primary N) is 1. The van der Waals surface area contributed by atoms with Gasteiger partial charge < -0.3 is 5.73 Å². The standard InChI is InChI=1S/C16H23ClFN/c17-15-7-6-14(18)10-13(15)11-16(12-19)8-4-2-1-3-5-9-16/h6-7,10H,1-5,8-9,11-12,19H2. The average Bonchev–Trinajstić information content (AvgIpc) is 2.37. The predicted octanol–water partition coefficient (Wildman–Crippen LogP) is 4.71. The minimum atomic E-state index is -0.211. The monoisotopic (exact) mass is 283 g/mol. The van der Waals surface area contributed by atoms with Gasteiger partial charge in [-0.25, -0.2) is 4.39 Å². The van der Waals surface area contributed by atoms with Crippen molar-refractivity contribution in [2.45, 2.75) is 51.4 Å². The molecule has 0 spiro atoms. The maximum atomic E-state index is 13.4. The van der Waals surface area contributed by atoms with Crippen LogP contribution in [0.25, 0.3) is 0 Å². The van der Waals surface area contributed by atoms with Gasteiger partial charge in [-0.1, -0.05) is 43.7 Å². The van der Waals surface area contributed by atoms with E-state index in [4.69, 9.17) is 17.3 Å². The van der Waals surface area contributed by atoms with Crippen molar-refractivity contribution >= 4 is 11.6 Å². The van der Waals surface area contributed by atoms with Crippen molar-refractivity contribution in [3.63, 3.8) is 0 Å². The topological polar surface area (TPSA) is 26.0 Å². The summed E-state index contributed by atoms with van der Waals surface area (Å²) < 4.78 is 13.4. The molecule has 2 N–H and O–H groups in total. The van der Waals surface area contributed by atoms with E-state index in [1.54, 1.807) is 12.1 Å². The Hall–Kier alpha value is -0.600. The second kappa shape index (κ2) is 6.71. The summed E-state index contributed by atoms with van der Waals surface area (Å²) >= 11 is 6.20. The molecule has 1 aliphatic rings. The highest BCUT2D eigenvalue weighted by Gasteiger charge is 2.29. The van der Waals surface area contributed by atoms with Crippen LogP contribution in [0.4, 0.5) is 4.39 Å². The minimum Gasteiger partial charge on any atom is -0.330 e. The van der Waals surface area contributed by atoms with Crippen molar-refractivity contribution < 1.29 is 4.39 Å². The van der Waals surface area contributed by atoms with Crippen molar-refractivity contribution in [3.8, 4) is 0 Å². The zero-order valence-corrected chi connectivity index (χ0v) is 12.2. The zero-order valence-electron chi connectivity index (χ0n) is 11.4. The lowest BCUT2D eigenvalue weighted by molar-refractivity contribution is 0.217. The molecular weight excluding hydrogens is 261 g/mol. The van der Waals surface area contributed by atoms with Crippen LogP contribution < -0.4 is 5.73 Å². The van der Waals surface area contributed by atoms with E-state index in [-0.39, 0.29) is 11.2 Å². The molecule has 0 atom stereocenters. The molecule has 1 aromatic rings. The molecule has 0 aromatic heterocycles. The lowest BCUT2D eigenvalue weighted by Gasteiger charge is -2.35. The third kappa shape index (κ3) is 3.93. The van der Waals surface area contributed by atoms with Gasteiger partial charge in [0.2, 0.25) is 0 Å². The van der Waals surface area contributed by atoms with Crippen LogP contribution >= 0.6 is 11.6 Å². The van der Waals surface area contributed by atoms with E-state index in [1.165, 1.54) is 38.2 Å². The van der Waals surface area contributed by atoms with Crippen molar-refractivity contribution in [2.24, 2.45) is 11.1 Å². The van der Waals surface area contributed by atoms with Gasteiger partial charge in [0, 0.05) is 5.02 Å². The summed E-state index contributed by atoms with van der Waals surface area (Å²) in [5.74, 6) is -0.211. The zero-order chi connectivity index (χ0) is 13.7. The van der Waals surface area contributed by atoms with Gasteiger partial charge in [0.25, 0.3) is 0 Å². The first kappa shape index (κ1) is 14.8. The fourth-order valence-electron chi connectivity index (χ4n) is 3.19. The Morgan fingerprint density at radius 1 is 1.11 bits per heavy atom. The molecular formula is C16H23ClFN. The molecule has 0 saturated heterocycles.